The summed E-state index contributed by atoms with van der Waals surface area (Å²) in [6, 6.07) is 2.25. The number of amides is 1. The van der Waals surface area contributed by atoms with Crippen molar-refractivity contribution in [2.75, 3.05) is 5.32 Å². The van der Waals surface area contributed by atoms with Crippen molar-refractivity contribution in [3.63, 3.8) is 0 Å². The molecule has 136 valence electrons. The normalized spacial score (nSPS) is 14.3. The highest BCUT2D eigenvalue weighted by Gasteiger charge is 2.25. The Hall–Kier alpha value is -2.18. The molecule has 0 saturated carbocycles. The molecule has 2 N–H and O–H groups in total. The highest BCUT2D eigenvalue weighted by Crippen LogP contribution is 2.38. The van der Waals surface area contributed by atoms with E-state index in [0.717, 1.165) is 31.2 Å². The maximum Gasteiger partial charge on any atom is 0.273 e. The molecule has 7 nitrogen and oxygen atoms in total. The Morgan fingerprint density at radius 2 is 2.19 bits per heavy atom. The predicted molar refractivity (Wildman–Crippen MR) is 102 cm³/mol. The zero-order chi connectivity index (χ0) is 18.7. The lowest BCUT2D eigenvalue weighted by Crippen LogP contribution is -2.25. The van der Waals surface area contributed by atoms with Crippen LogP contribution in [-0.2, 0) is 17.6 Å². The number of aromatic nitrogens is 3. The summed E-state index contributed by atoms with van der Waals surface area (Å²) < 4.78 is 0. The Labute approximate surface area is 159 Å². The second-order valence-corrected chi connectivity index (χ2v) is 8.37. The molecule has 0 aromatic carbocycles. The standard InChI is InChI=1S/C17H19N5O2S2/c1-3-12(26-17-20-14(23)9(2)21-22-17)15(24)19-16-11(8-18)10-6-4-5-7-13(10)25-16/h12H,3-7H2,1-2H3,(H,19,24)(H,20,22,23)/t12-/m1/s1. The number of aromatic amines is 1. The Bertz CT molecular complexity index is 928. The molecule has 3 rings (SSSR count). The Kier molecular flexibility index (Phi) is 5.74. The van der Waals surface area contributed by atoms with E-state index in [9.17, 15) is 14.9 Å². The van der Waals surface area contributed by atoms with Crippen LogP contribution in [0.3, 0.4) is 0 Å². The molecule has 0 radical (unpaired) electrons. The highest BCUT2D eigenvalue weighted by molar-refractivity contribution is 8.00. The average molecular weight is 390 g/mol. The van der Waals surface area contributed by atoms with Gasteiger partial charge in [0.05, 0.1) is 10.8 Å². The van der Waals surface area contributed by atoms with Crippen LogP contribution in [0, 0.1) is 18.3 Å². The van der Waals surface area contributed by atoms with E-state index in [4.69, 9.17) is 0 Å². The molecule has 0 unspecified atom stereocenters. The minimum atomic E-state index is -0.437. The monoisotopic (exact) mass is 389 g/mol. The van der Waals surface area contributed by atoms with E-state index in [0.29, 0.717) is 22.1 Å². The van der Waals surface area contributed by atoms with E-state index in [-0.39, 0.29) is 17.2 Å². The number of carbonyl (C=O) groups excluding carboxylic acids is 1. The van der Waals surface area contributed by atoms with Crippen molar-refractivity contribution in [2.45, 2.75) is 56.4 Å². The van der Waals surface area contributed by atoms with Crippen molar-refractivity contribution in [1.29, 1.82) is 5.26 Å². The second kappa shape index (κ2) is 8.01. The van der Waals surface area contributed by atoms with Crippen LogP contribution in [0.25, 0.3) is 0 Å². The first kappa shape index (κ1) is 18.6. The van der Waals surface area contributed by atoms with Crippen molar-refractivity contribution in [1.82, 2.24) is 15.2 Å². The average Bonchev–Trinajstić information content (AvgIpc) is 2.99. The van der Waals surface area contributed by atoms with Gasteiger partial charge in [-0.05, 0) is 44.6 Å². The topological polar surface area (TPSA) is 112 Å². The maximum atomic E-state index is 12.7. The number of fused-ring (bicyclic) bond motifs is 1. The minimum absolute atomic E-state index is 0.198. The summed E-state index contributed by atoms with van der Waals surface area (Å²) in [5.74, 6) is -0.198. The number of hydrogen-bond acceptors (Lipinski definition) is 7. The number of anilines is 1. The molecule has 0 saturated heterocycles. The van der Waals surface area contributed by atoms with Crippen LogP contribution in [0.4, 0.5) is 5.00 Å². The highest BCUT2D eigenvalue weighted by atomic mass is 32.2. The molecule has 0 fully saturated rings. The summed E-state index contributed by atoms with van der Waals surface area (Å²) >= 11 is 2.67. The summed E-state index contributed by atoms with van der Waals surface area (Å²) in [6.45, 7) is 3.47. The number of carbonyl (C=O) groups is 1. The molecule has 0 bridgehead atoms. The van der Waals surface area contributed by atoms with Crippen molar-refractivity contribution in [3.05, 3.63) is 32.1 Å². The molecule has 26 heavy (non-hydrogen) atoms. The van der Waals surface area contributed by atoms with Crippen molar-refractivity contribution >= 4 is 34.0 Å². The van der Waals surface area contributed by atoms with Crippen LogP contribution in [0.1, 0.15) is 47.9 Å². The fraction of sp³-hybridized carbons (Fsp3) is 0.471. The number of hydrogen-bond donors (Lipinski definition) is 2. The van der Waals surface area contributed by atoms with Gasteiger partial charge in [0, 0.05) is 4.88 Å². The molecule has 9 heteroatoms. The van der Waals surface area contributed by atoms with Gasteiger partial charge in [-0.15, -0.1) is 21.5 Å². The first-order chi connectivity index (χ1) is 12.5. The Morgan fingerprint density at radius 1 is 1.42 bits per heavy atom. The van der Waals surface area contributed by atoms with Gasteiger partial charge < -0.3 is 5.32 Å². The quantitative estimate of drug-likeness (QED) is 0.761. The van der Waals surface area contributed by atoms with E-state index in [1.807, 2.05) is 6.92 Å². The van der Waals surface area contributed by atoms with E-state index >= 15 is 0 Å². The molecule has 1 aliphatic rings. The minimum Gasteiger partial charge on any atom is -0.316 e. The van der Waals surface area contributed by atoms with E-state index in [1.54, 1.807) is 6.92 Å². The first-order valence-electron chi connectivity index (χ1n) is 8.49. The number of aryl methyl sites for hydroxylation is 2. The first-order valence-corrected chi connectivity index (χ1v) is 10.2. The summed E-state index contributed by atoms with van der Waals surface area (Å²) in [6.07, 6.45) is 4.63. The van der Waals surface area contributed by atoms with Gasteiger partial charge in [-0.25, -0.2) is 0 Å². The van der Waals surface area contributed by atoms with Crippen molar-refractivity contribution < 1.29 is 4.79 Å². The lowest BCUT2D eigenvalue weighted by molar-refractivity contribution is -0.115. The molecule has 2 aromatic heterocycles. The smallest absolute Gasteiger partial charge is 0.273 e. The third-order valence-corrected chi connectivity index (χ3v) is 6.72. The molecule has 1 atom stereocenters. The summed E-state index contributed by atoms with van der Waals surface area (Å²) in [4.78, 5) is 28.2. The van der Waals surface area contributed by atoms with Gasteiger partial charge in [-0.2, -0.15) is 5.26 Å². The number of thiophene rings is 1. The van der Waals surface area contributed by atoms with Gasteiger partial charge >= 0.3 is 0 Å². The zero-order valence-electron chi connectivity index (χ0n) is 14.6. The van der Waals surface area contributed by atoms with Gasteiger partial charge in [-0.1, -0.05) is 18.7 Å². The fourth-order valence-corrected chi connectivity index (χ4v) is 4.94. The number of rotatable bonds is 5. The zero-order valence-corrected chi connectivity index (χ0v) is 16.2. The van der Waals surface area contributed by atoms with Crippen LogP contribution in [0.15, 0.2) is 9.95 Å². The summed E-state index contributed by atoms with van der Waals surface area (Å²) in [5, 5.41) is 20.7. The second-order valence-electron chi connectivity index (χ2n) is 6.08. The van der Waals surface area contributed by atoms with Crippen LogP contribution in [0.5, 0.6) is 0 Å². The third-order valence-electron chi connectivity index (χ3n) is 4.28. The van der Waals surface area contributed by atoms with E-state index < -0.39 is 5.25 Å². The molecular weight excluding hydrogens is 370 g/mol. The summed E-state index contributed by atoms with van der Waals surface area (Å²) in [7, 11) is 0. The lowest BCUT2D eigenvalue weighted by Gasteiger charge is -2.13. The van der Waals surface area contributed by atoms with Crippen LogP contribution < -0.4 is 10.9 Å². The van der Waals surface area contributed by atoms with Gasteiger partial charge in [0.25, 0.3) is 5.56 Å². The van der Waals surface area contributed by atoms with Crippen LogP contribution in [-0.4, -0.2) is 26.3 Å². The van der Waals surface area contributed by atoms with Crippen molar-refractivity contribution in [2.24, 2.45) is 0 Å². The van der Waals surface area contributed by atoms with Gasteiger partial charge in [0.2, 0.25) is 5.91 Å². The van der Waals surface area contributed by atoms with E-state index in [1.165, 1.54) is 28.0 Å². The molecule has 0 spiro atoms. The van der Waals surface area contributed by atoms with Gasteiger partial charge in [-0.3, -0.25) is 14.6 Å². The number of nitrogens with zero attached hydrogens (tertiary/aromatic N) is 3. The Balaban J connectivity index is 1.77. The number of thioether (sulfide) groups is 1. The van der Waals surface area contributed by atoms with Gasteiger partial charge in [0.1, 0.15) is 16.8 Å². The lowest BCUT2D eigenvalue weighted by atomic mass is 9.96. The molecule has 1 amide bonds. The predicted octanol–water partition coefficient (Wildman–Crippen LogP) is 2.79. The van der Waals surface area contributed by atoms with Crippen LogP contribution >= 0.6 is 23.1 Å². The summed E-state index contributed by atoms with van der Waals surface area (Å²) in [5.41, 5.74) is 1.67. The molecule has 2 aromatic rings. The van der Waals surface area contributed by atoms with Gasteiger partial charge in [0.15, 0.2) is 5.16 Å². The fourth-order valence-electron chi connectivity index (χ4n) is 2.85. The van der Waals surface area contributed by atoms with E-state index in [2.05, 4.69) is 26.6 Å². The number of nitriles is 1. The molecule has 2 heterocycles. The largest absolute Gasteiger partial charge is 0.316 e. The molecule has 1 aliphatic carbocycles. The molecule has 0 aliphatic heterocycles. The SMILES string of the molecule is CC[C@@H](Sc1nnc(C)c(=O)[nH]1)C(=O)Nc1sc2c(c1C#N)CCCC2. The molecular formula is C17H19N5O2S2. The Morgan fingerprint density at radius 3 is 2.88 bits per heavy atom. The number of H-pyrrole nitrogens is 1. The number of nitrogens with one attached hydrogen (secondary N) is 2. The maximum absolute atomic E-state index is 12.7. The van der Waals surface area contributed by atoms with Crippen LogP contribution in [0.2, 0.25) is 0 Å². The van der Waals surface area contributed by atoms with Crippen molar-refractivity contribution in [3.8, 4) is 6.07 Å². The third kappa shape index (κ3) is 3.81.